The summed E-state index contributed by atoms with van der Waals surface area (Å²) in [6, 6.07) is 7.38. The molecule has 0 radical (unpaired) electrons. The lowest BCUT2D eigenvalue weighted by Gasteiger charge is -2.35. The zero-order valence-electron chi connectivity index (χ0n) is 15.9. The van der Waals surface area contributed by atoms with Crippen molar-refractivity contribution in [2.45, 2.75) is 45.3 Å². The normalized spacial score (nSPS) is 20.7. The van der Waals surface area contributed by atoms with Crippen LogP contribution < -0.4 is 5.56 Å². The van der Waals surface area contributed by atoms with Crippen molar-refractivity contribution in [1.82, 2.24) is 14.5 Å². The van der Waals surface area contributed by atoms with Gasteiger partial charge in [-0.05, 0) is 44.2 Å². The van der Waals surface area contributed by atoms with Crippen molar-refractivity contribution in [1.29, 1.82) is 0 Å². The van der Waals surface area contributed by atoms with Crippen molar-refractivity contribution < 1.29 is 4.79 Å². The molecule has 1 amide bonds. The highest BCUT2D eigenvalue weighted by molar-refractivity contribution is 7.99. The van der Waals surface area contributed by atoms with Crippen LogP contribution in [0.4, 0.5) is 0 Å². The molecule has 1 aliphatic rings. The average Bonchev–Trinajstić information content (AvgIpc) is 2.58. The Morgan fingerprint density at radius 1 is 1.23 bits per heavy atom. The molecule has 2 heterocycles. The summed E-state index contributed by atoms with van der Waals surface area (Å²) in [4.78, 5) is 32.1. The highest BCUT2D eigenvalue weighted by atomic mass is 32.2. The first-order valence-electron chi connectivity index (χ1n) is 9.28. The van der Waals surface area contributed by atoms with Crippen molar-refractivity contribution in [3.63, 3.8) is 0 Å². The Balaban J connectivity index is 1.83. The fraction of sp³-hybridized carbons (Fsp3) is 0.550. The summed E-state index contributed by atoms with van der Waals surface area (Å²) in [5, 5.41) is 1.24. The van der Waals surface area contributed by atoms with E-state index in [1.165, 1.54) is 18.2 Å². The van der Waals surface area contributed by atoms with Crippen molar-refractivity contribution >= 4 is 28.6 Å². The van der Waals surface area contributed by atoms with E-state index in [1.807, 2.05) is 36.9 Å². The number of amides is 1. The molecule has 2 atom stereocenters. The molecule has 0 N–H and O–H groups in total. The highest BCUT2D eigenvalue weighted by Crippen LogP contribution is 2.24. The topological polar surface area (TPSA) is 55.2 Å². The van der Waals surface area contributed by atoms with E-state index in [1.54, 1.807) is 10.6 Å². The molecule has 0 bridgehead atoms. The summed E-state index contributed by atoms with van der Waals surface area (Å²) < 4.78 is 1.70. The van der Waals surface area contributed by atoms with E-state index >= 15 is 0 Å². The number of thioether (sulfide) groups is 1. The van der Waals surface area contributed by atoms with Crippen LogP contribution in [0.5, 0.6) is 0 Å². The third-order valence-corrected chi connectivity index (χ3v) is 5.78. The highest BCUT2D eigenvalue weighted by Gasteiger charge is 2.26. The zero-order valence-corrected chi connectivity index (χ0v) is 16.8. The Bertz CT molecular complexity index is 852. The molecule has 1 aromatic heterocycles. The number of carbonyl (C=O) groups is 1. The minimum absolute atomic E-state index is 0.00719. The van der Waals surface area contributed by atoms with Crippen LogP contribution in [-0.4, -0.2) is 39.2 Å². The van der Waals surface area contributed by atoms with Gasteiger partial charge >= 0.3 is 0 Å². The first kappa shape index (κ1) is 19.0. The predicted octanol–water partition coefficient (Wildman–Crippen LogP) is 3.57. The number of rotatable bonds is 4. The number of likely N-dealkylation sites (tertiary alicyclic amines) is 1. The van der Waals surface area contributed by atoms with Crippen LogP contribution in [0, 0.1) is 11.8 Å². The van der Waals surface area contributed by atoms with Crippen LogP contribution in [0.2, 0.25) is 0 Å². The first-order chi connectivity index (χ1) is 12.4. The van der Waals surface area contributed by atoms with Crippen molar-refractivity contribution in [3.05, 3.63) is 34.6 Å². The first-order valence-corrected chi connectivity index (χ1v) is 10.3. The summed E-state index contributed by atoms with van der Waals surface area (Å²) in [7, 11) is 0. The summed E-state index contributed by atoms with van der Waals surface area (Å²) in [5.74, 6) is 1.53. The number of nitrogens with zero attached hydrogens (tertiary/aromatic N) is 3. The Morgan fingerprint density at radius 2 is 1.88 bits per heavy atom. The molecule has 0 spiro atoms. The third kappa shape index (κ3) is 3.95. The lowest BCUT2D eigenvalue weighted by molar-refractivity contribution is -0.130. The van der Waals surface area contributed by atoms with Crippen LogP contribution in [-0.2, 0) is 4.79 Å². The van der Waals surface area contributed by atoms with E-state index in [9.17, 15) is 9.59 Å². The van der Waals surface area contributed by atoms with Gasteiger partial charge in [0.25, 0.3) is 5.56 Å². The zero-order chi connectivity index (χ0) is 18.8. The smallest absolute Gasteiger partial charge is 0.262 e. The Hall–Kier alpha value is -1.82. The van der Waals surface area contributed by atoms with E-state index in [-0.39, 0.29) is 17.5 Å². The number of fused-ring (bicyclic) bond motifs is 1. The standard InChI is InChI=1S/C20H27N3O2S/c1-13(2)23-19(25)16-7-5-6-8-17(16)21-20(23)26-12-18(24)22-10-14(3)9-15(4)11-22/h5-8,13-15H,9-12H2,1-4H3/t14-,15+. The maximum Gasteiger partial charge on any atom is 0.262 e. The van der Waals surface area contributed by atoms with Gasteiger partial charge in [-0.2, -0.15) is 0 Å². The van der Waals surface area contributed by atoms with E-state index in [2.05, 4.69) is 18.8 Å². The van der Waals surface area contributed by atoms with Gasteiger partial charge in [-0.1, -0.05) is 37.7 Å². The SMILES string of the molecule is CC(C)n1c(SCC(=O)N2C[C@H](C)C[C@H](C)C2)nc2ccccc2c1=O. The number of carbonyl (C=O) groups excluding carboxylic acids is 1. The molecule has 3 rings (SSSR count). The molecule has 0 aliphatic carbocycles. The summed E-state index contributed by atoms with van der Waals surface area (Å²) in [6.45, 7) is 9.99. The second-order valence-electron chi connectivity index (χ2n) is 7.71. The van der Waals surface area contributed by atoms with Gasteiger partial charge in [-0.3, -0.25) is 14.2 Å². The van der Waals surface area contributed by atoms with Gasteiger partial charge in [0, 0.05) is 19.1 Å². The lowest BCUT2D eigenvalue weighted by Crippen LogP contribution is -2.43. The molecule has 0 unspecified atom stereocenters. The second-order valence-corrected chi connectivity index (χ2v) is 8.66. The van der Waals surface area contributed by atoms with Gasteiger partial charge in [-0.25, -0.2) is 4.98 Å². The van der Waals surface area contributed by atoms with Crippen LogP contribution in [0.3, 0.4) is 0 Å². The predicted molar refractivity (Wildman–Crippen MR) is 107 cm³/mol. The summed E-state index contributed by atoms with van der Waals surface area (Å²) >= 11 is 1.37. The number of para-hydroxylation sites is 1. The minimum atomic E-state index is -0.0410. The molecule has 26 heavy (non-hydrogen) atoms. The molecular formula is C20H27N3O2S. The van der Waals surface area contributed by atoms with Gasteiger partial charge in [0.05, 0.1) is 16.7 Å². The number of hydrogen-bond donors (Lipinski definition) is 0. The average molecular weight is 374 g/mol. The van der Waals surface area contributed by atoms with E-state index in [4.69, 9.17) is 0 Å². The molecule has 5 nitrogen and oxygen atoms in total. The number of benzene rings is 1. The molecule has 1 fully saturated rings. The second kappa shape index (κ2) is 7.82. The monoisotopic (exact) mass is 373 g/mol. The van der Waals surface area contributed by atoms with Gasteiger partial charge in [-0.15, -0.1) is 0 Å². The number of hydrogen-bond acceptors (Lipinski definition) is 4. The number of piperidine rings is 1. The van der Waals surface area contributed by atoms with Gasteiger partial charge in [0.1, 0.15) is 0 Å². The molecule has 140 valence electrons. The molecule has 1 aromatic carbocycles. The quantitative estimate of drug-likeness (QED) is 0.607. The van der Waals surface area contributed by atoms with Crippen molar-refractivity contribution in [2.24, 2.45) is 11.8 Å². The molecule has 0 saturated carbocycles. The molecule has 6 heteroatoms. The third-order valence-electron chi connectivity index (χ3n) is 4.84. The van der Waals surface area contributed by atoms with Crippen LogP contribution in [0.15, 0.2) is 34.2 Å². The van der Waals surface area contributed by atoms with Crippen LogP contribution >= 0.6 is 11.8 Å². The Kier molecular flexibility index (Phi) is 5.70. The maximum absolute atomic E-state index is 12.8. The summed E-state index contributed by atoms with van der Waals surface area (Å²) in [5.41, 5.74) is 0.644. The van der Waals surface area contributed by atoms with E-state index in [0.717, 1.165) is 13.1 Å². The van der Waals surface area contributed by atoms with Gasteiger partial charge in [0.15, 0.2) is 5.16 Å². The molecule has 2 aromatic rings. The Labute approximate surface area is 158 Å². The maximum atomic E-state index is 12.8. The molecule has 1 aliphatic heterocycles. The molecular weight excluding hydrogens is 346 g/mol. The van der Waals surface area contributed by atoms with Crippen LogP contribution in [0.25, 0.3) is 10.9 Å². The molecule has 1 saturated heterocycles. The van der Waals surface area contributed by atoms with Crippen molar-refractivity contribution in [3.8, 4) is 0 Å². The fourth-order valence-electron chi connectivity index (χ4n) is 3.77. The van der Waals surface area contributed by atoms with Gasteiger partial charge in [0.2, 0.25) is 5.91 Å². The Morgan fingerprint density at radius 3 is 2.54 bits per heavy atom. The largest absolute Gasteiger partial charge is 0.341 e. The van der Waals surface area contributed by atoms with E-state index in [0.29, 0.717) is 33.6 Å². The lowest BCUT2D eigenvalue weighted by atomic mass is 9.92. The summed E-state index contributed by atoms with van der Waals surface area (Å²) in [6.07, 6.45) is 1.18. The number of aromatic nitrogens is 2. The van der Waals surface area contributed by atoms with Crippen LogP contribution in [0.1, 0.15) is 40.2 Å². The van der Waals surface area contributed by atoms with Gasteiger partial charge < -0.3 is 4.90 Å². The fourth-order valence-corrected chi connectivity index (χ4v) is 4.80. The minimum Gasteiger partial charge on any atom is -0.341 e. The van der Waals surface area contributed by atoms with E-state index < -0.39 is 0 Å². The van der Waals surface area contributed by atoms with Crippen molar-refractivity contribution in [2.75, 3.05) is 18.8 Å².